The smallest absolute Gasteiger partial charge is 0.161 e. The van der Waals surface area contributed by atoms with Crippen molar-refractivity contribution < 1.29 is 14.9 Å². The van der Waals surface area contributed by atoms with E-state index in [0.29, 0.717) is 17.8 Å². The number of fused-ring (bicyclic) bond motifs is 1. The van der Waals surface area contributed by atoms with Crippen LogP contribution < -0.4 is 5.73 Å². The molecule has 3 heterocycles. The Balaban J connectivity index is 2.02. The molecule has 3 atom stereocenters. The average molecular weight is 250 g/mol. The third-order valence-electron chi connectivity index (χ3n) is 3.16. The SMILES string of the molecule is Nc1nccc2c1ncn2[C@@H]1O[C@H](CO)C[C@H]1O. The van der Waals surface area contributed by atoms with Crippen molar-refractivity contribution in [1.29, 1.82) is 0 Å². The first-order valence-electron chi connectivity index (χ1n) is 5.72. The van der Waals surface area contributed by atoms with Crippen molar-refractivity contribution in [3.63, 3.8) is 0 Å². The molecule has 0 radical (unpaired) electrons. The van der Waals surface area contributed by atoms with Crippen LogP contribution in [0.5, 0.6) is 0 Å². The van der Waals surface area contributed by atoms with E-state index in [4.69, 9.17) is 15.6 Å². The summed E-state index contributed by atoms with van der Waals surface area (Å²) in [5, 5.41) is 19.0. The number of hydrogen-bond donors (Lipinski definition) is 3. The van der Waals surface area contributed by atoms with Gasteiger partial charge in [0.25, 0.3) is 0 Å². The Morgan fingerprint density at radius 2 is 2.33 bits per heavy atom. The molecule has 0 aliphatic carbocycles. The summed E-state index contributed by atoms with van der Waals surface area (Å²) < 4.78 is 7.29. The number of nitrogen functional groups attached to an aromatic ring is 1. The number of aromatic nitrogens is 3. The van der Waals surface area contributed by atoms with Crippen LogP contribution in [-0.4, -0.2) is 43.6 Å². The van der Waals surface area contributed by atoms with E-state index >= 15 is 0 Å². The summed E-state index contributed by atoms with van der Waals surface area (Å²) in [5.41, 5.74) is 7.06. The molecule has 18 heavy (non-hydrogen) atoms. The van der Waals surface area contributed by atoms with E-state index in [2.05, 4.69) is 9.97 Å². The van der Waals surface area contributed by atoms with Gasteiger partial charge in [-0.25, -0.2) is 9.97 Å². The van der Waals surface area contributed by atoms with Crippen LogP contribution in [-0.2, 0) is 4.74 Å². The molecule has 4 N–H and O–H groups in total. The fraction of sp³-hybridized carbons (Fsp3) is 0.455. The minimum absolute atomic E-state index is 0.107. The average Bonchev–Trinajstić information content (AvgIpc) is 2.93. The van der Waals surface area contributed by atoms with Crippen LogP contribution in [0.3, 0.4) is 0 Å². The highest BCUT2D eigenvalue weighted by atomic mass is 16.5. The highest BCUT2D eigenvalue weighted by molar-refractivity contribution is 5.84. The van der Waals surface area contributed by atoms with Gasteiger partial charge in [0, 0.05) is 12.6 Å². The molecule has 0 amide bonds. The predicted molar refractivity (Wildman–Crippen MR) is 63.6 cm³/mol. The van der Waals surface area contributed by atoms with Gasteiger partial charge in [-0.3, -0.25) is 0 Å². The number of anilines is 1. The summed E-state index contributed by atoms with van der Waals surface area (Å²) in [7, 11) is 0. The summed E-state index contributed by atoms with van der Waals surface area (Å²) >= 11 is 0. The van der Waals surface area contributed by atoms with Crippen molar-refractivity contribution in [2.24, 2.45) is 0 Å². The van der Waals surface area contributed by atoms with Gasteiger partial charge in [-0.05, 0) is 6.07 Å². The predicted octanol–water partition coefficient (Wildman–Crippen LogP) is -0.346. The molecule has 2 aromatic heterocycles. The topological polar surface area (TPSA) is 106 Å². The van der Waals surface area contributed by atoms with Crippen LogP contribution in [0.25, 0.3) is 11.0 Å². The highest BCUT2D eigenvalue weighted by Crippen LogP contribution is 2.31. The van der Waals surface area contributed by atoms with Crippen molar-refractivity contribution in [3.05, 3.63) is 18.6 Å². The lowest BCUT2D eigenvalue weighted by molar-refractivity contribution is -0.0484. The van der Waals surface area contributed by atoms with Crippen molar-refractivity contribution in [2.45, 2.75) is 24.9 Å². The largest absolute Gasteiger partial charge is 0.394 e. The monoisotopic (exact) mass is 250 g/mol. The minimum Gasteiger partial charge on any atom is -0.394 e. The van der Waals surface area contributed by atoms with Gasteiger partial charge in [-0.2, -0.15) is 0 Å². The molecule has 2 aromatic rings. The van der Waals surface area contributed by atoms with Crippen LogP contribution in [0.2, 0.25) is 0 Å². The Bertz CT molecular complexity index is 570. The minimum atomic E-state index is -0.672. The molecular weight excluding hydrogens is 236 g/mol. The van der Waals surface area contributed by atoms with E-state index in [1.807, 2.05) is 0 Å². The number of nitrogens with zero attached hydrogens (tertiary/aromatic N) is 3. The second kappa shape index (κ2) is 4.20. The van der Waals surface area contributed by atoms with Crippen molar-refractivity contribution in [2.75, 3.05) is 12.3 Å². The number of nitrogens with two attached hydrogens (primary N) is 1. The molecule has 7 heteroatoms. The Labute approximate surface area is 103 Å². The Morgan fingerprint density at radius 3 is 3.06 bits per heavy atom. The van der Waals surface area contributed by atoms with E-state index in [9.17, 15) is 5.11 Å². The number of ether oxygens (including phenoxy) is 1. The van der Waals surface area contributed by atoms with Crippen molar-refractivity contribution in [3.8, 4) is 0 Å². The van der Waals surface area contributed by atoms with E-state index in [1.165, 1.54) is 0 Å². The molecule has 1 saturated heterocycles. The molecule has 1 aliphatic rings. The fourth-order valence-corrected chi connectivity index (χ4v) is 2.28. The van der Waals surface area contributed by atoms with Crippen LogP contribution in [0.1, 0.15) is 12.6 Å². The second-order valence-corrected chi connectivity index (χ2v) is 4.35. The van der Waals surface area contributed by atoms with E-state index < -0.39 is 12.3 Å². The lowest BCUT2D eigenvalue weighted by Crippen LogP contribution is -2.18. The van der Waals surface area contributed by atoms with E-state index in [-0.39, 0.29) is 12.7 Å². The van der Waals surface area contributed by atoms with Crippen LogP contribution >= 0.6 is 0 Å². The maximum atomic E-state index is 9.96. The summed E-state index contributed by atoms with van der Waals surface area (Å²) in [5.74, 6) is 0.345. The van der Waals surface area contributed by atoms with Gasteiger partial charge >= 0.3 is 0 Å². The first kappa shape index (κ1) is 11.4. The lowest BCUT2D eigenvalue weighted by atomic mass is 10.2. The molecule has 1 aliphatic heterocycles. The van der Waals surface area contributed by atoms with Crippen molar-refractivity contribution >= 4 is 16.9 Å². The van der Waals surface area contributed by atoms with Gasteiger partial charge in [-0.15, -0.1) is 0 Å². The molecule has 96 valence electrons. The maximum Gasteiger partial charge on any atom is 0.161 e. The number of aliphatic hydroxyl groups excluding tert-OH is 2. The Hall–Kier alpha value is -1.70. The summed E-state index contributed by atoms with van der Waals surface area (Å²) in [6.07, 6.45) is 1.99. The quantitative estimate of drug-likeness (QED) is 0.673. The van der Waals surface area contributed by atoms with Gasteiger partial charge in [0.1, 0.15) is 11.6 Å². The molecule has 7 nitrogen and oxygen atoms in total. The standard InChI is InChI=1S/C11H14N4O3/c12-10-9-7(1-2-13-10)15(5-14-9)11-8(17)3-6(4-16)18-11/h1-2,5-6,8,11,16-17H,3-4H2,(H2,12,13)/t6-,8+,11+/m0/s1. The lowest BCUT2D eigenvalue weighted by Gasteiger charge is -2.16. The normalized spacial score (nSPS) is 28.0. The second-order valence-electron chi connectivity index (χ2n) is 4.35. The van der Waals surface area contributed by atoms with Gasteiger partial charge in [-0.1, -0.05) is 0 Å². The van der Waals surface area contributed by atoms with Crippen LogP contribution in [0.15, 0.2) is 18.6 Å². The highest BCUT2D eigenvalue weighted by Gasteiger charge is 2.35. The summed E-state index contributed by atoms with van der Waals surface area (Å²) in [6, 6.07) is 1.76. The fourth-order valence-electron chi connectivity index (χ4n) is 2.28. The third-order valence-corrected chi connectivity index (χ3v) is 3.16. The van der Waals surface area contributed by atoms with Crippen LogP contribution in [0.4, 0.5) is 5.82 Å². The number of imidazole rings is 1. The van der Waals surface area contributed by atoms with Crippen molar-refractivity contribution in [1.82, 2.24) is 14.5 Å². The molecule has 0 unspecified atom stereocenters. The maximum absolute atomic E-state index is 9.96. The van der Waals surface area contributed by atoms with Gasteiger partial charge in [0.05, 0.1) is 24.6 Å². The van der Waals surface area contributed by atoms with Gasteiger partial charge in [0.2, 0.25) is 0 Å². The first-order valence-corrected chi connectivity index (χ1v) is 5.72. The molecule has 0 spiro atoms. The molecular formula is C11H14N4O3. The number of rotatable bonds is 2. The zero-order valence-electron chi connectivity index (χ0n) is 9.60. The van der Waals surface area contributed by atoms with Gasteiger partial charge in [0.15, 0.2) is 12.0 Å². The van der Waals surface area contributed by atoms with Crippen LogP contribution in [0, 0.1) is 0 Å². The summed E-state index contributed by atoms with van der Waals surface area (Å²) in [4.78, 5) is 8.13. The molecule has 1 fully saturated rings. The number of pyridine rings is 1. The van der Waals surface area contributed by atoms with E-state index in [0.717, 1.165) is 5.52 Å². The van der Waals surface area contributed by atoms with Gasteiger partial charge < -0.3 is 25.3 Å². The Morgan fingerprint density at radius 1 is 1.50 bits per heavy atom. The molecule has 3 rings (SSSR count). The van der Waals surface area contributed by atoms with E-state index in [1.54, 1.807) is 23.2 Å². The molecule has 0 bridgehead atoms. The zero-order chi connectivity index (χ0) is 12.7. The first-order chi connectivity index (χ1) is 8.70. The third kappa shape index (κ3) is 1.64. The number of hydrogen-bond acceptors (Lipinski definition) is 6. The zero-order valence-corrected chi connectivity index (χ0v) is 9.60. The Kier molecular flexibility index (Phi) is 2.66. The number of aliphatic hydroxyl groups is 2. The molecule has 0 aromatic carbocycles. The summed E-state index contributed by atoms with van der Waals surface area (Å²) in [6.45, 7) is -0.107. The molecule has 0 saturated carbocycles.